The predicted octanol–water partition coefficient (Wildman–Crippen LogP) is -4.11. The van der Waals surface area contributed by atoms with Crippen molar-refractivity contribution in [1.29, 1.82) is 0 Å². The van der Waals surface area contributed by atoms with Crippen molar-refractivity contribution in [1.82, 2.24) is 19.5 Å². The number of aromatic amines is 1. The van der Waals surface area contributed by atoms with Gasteiger partial charge in [0.2, 0.25) is 5.95 Å². The van der Waals surface area contributed by atoms with Gasteiger partial charge in [-0.1, -0.05) is 0 Å². The number of aromatic nitrogens is 4. The quantitative estimate of drug-likeness (QED) is 0.170. The largest absolute Gasteiger partial charge is 0.470 e. The van der Waals surface area contributed by atoms with E-state index in [1.54, 1.807) is 0 Å². The fourth-order valence-corrected chi connectivity index (χ4v) is 4.27. The fourth-order valence-electron chi connectivity index (χ4n) is 3.69. The van der Waals surface area contributed by atoms with Gasteiger partial charge in [-0.15, -0.1) is 0 Å². The van der Waals surface area contributed by atoms with Crippen molar-refractivity contribution in [3.8, 4) is 0 Å². The molecule has 2 aliphatic heterocycles. The Kier molecular flexibility index (Phi) is 6.56. The lowest BCUT2D eigenvalue weighted by Gasteiger charge is -2.23. The summed E-state index contributed by atoms with van der Waals surface area (Å²) < 4.78 is 33.5. The van der Waals surface area contributed by atoms with Gasteiger partial charge in [0.05, 0.1) is 19.5 Å². The highest BCUT2D eigenvalue weighted by molar-refractivity contribution is 7.46. The lowest BCUT2D eigenvalue weighted by molar-refractivity contribution is -0.190. The Hall–Kier alpha value is -2.02. The summed E-state index contributed by atoms with van der Waals surface area (Å²) in [7, 11) is -5.11. The number of nitrogens with zero attached hydrogens (tertiary/aromatic N) is 3. The molecule has 17 nitrogen and oxygen atoms in total. The average Bonchev–Trinajstić information content (AvgIpc) is 3.36. The molecule has 0 amide bonds. The second kappa shape index (κ2) is 8.97. The molecule has 0 saturated carbocycles. The molecule has 184 valence electrons. The number of H-pyrrole nitrogens is 1. The fraction of sp³-hybridized carbons (Fsp3) is 0.667. The molecular weight excluding hydrogens is 473 g/mol. The van der Waals surface area contributed by atoms with E-state index in [0.717, 1.165) is 10.9 Å². The van der Waals surface area contributed by atoms with E-state index in [2.05, 4.69) is 19.5 Å². The van der Waals surface area contributed by atoms with E-state index in [9.17, 15) is 34.5 Å². The molecule has 18 heteroatoms. The lowest BCUT2D eigenvalue weighted by Crippen LogP contribution is -2.39. The van der Waals surface area contributed by atoms with Crippen molar-refractivity contribution in [3.63, 3.8) is 0 Å². The first kappa shape index (κ1) is 24.1. The smallest absolute Gasteiger partial charge is 0.394 e. The zero-order valence-electron chi connectivity index (χ0n) is 16.6. The summed E-state index contributed by atoms with van der Waals surface area (Å²) >= 11 is 0. The SMILES string of the molecule is Nc1nc2c(ncn2[C@@H]2O[C@H](CO[C@@H]3O[C@H](CO)[C@@H](O)[C@@H]3O)[C@@H](OP(=O)(O)O)[C@H]2O)c(=O)[nH]1. The maximum absolute atomic E-state index is 12.0. The summed E-state index contributed by atoms with van der Waals surface area (Å²) in [5.41, 5.74) is 4.70. The number of anilines is 1. The third-order valence-corrected chi connectivity index (χ3v) is 5.73. The van der Waals surface area contributed by atoms with Crippen LogP contribution in [0.1, 0.15) is 6.23 Å². The minimum atomic E-state index is -5.11. The second-order valence-corrected chi connectivity index (χ2v) is 8.62. The molecule has 0 spiro atoms. The van der Waals surface area contributed by atoms with Gasteiger partial charge in [-0.25, -0.2) is 9.55 Å². The second-order valence-electron chi connectivity index (χ2n) is 7.43. The van der Waals surface area contributed by atoms with Crippen LogP contribution >= 0.6 is 7.82 Å². The number of aliphatic hydroxyl groups is 4. The molecule has 2 fully saturated rings. The third kappa shape index (κ3) is 4.66. The number of nitrogens with two attached hydrogens (primary N) is 1. The zero-order valence-corrected chi connectivity index (χ0v) is 17.5. The van der Waals surface area contributed by atoms with Crippen molar-refractivity contribution >= 4 is 24.9 Å². The number of phosphoric acid groups is 1. The van der Waals surface area contributed by atoms with E-state index in [0.29, 0.717) is 0 Å². The number of nitrogens with one attached hydrogen (secondary N) is 1. The first-order valence-corrected chi connectivity index (χ1v) is 11.1. The number of rotatable bonds is 7. The van der Waals surface area contributed by atoms with E-state index in [1.165, 1.54) is 0 Å². The summed E-state index contributed by atoms with van der Waals surface area (Å²) in [4.78, 5) is 40.6. The molecule has 2 aromatic rings. The molecule has 0 aliphatic carbocycles. The van der Waals surface area contributed by atoms with Crippen molar-refractivity contribution in [3.05, 3.63) is 16.7 Å². The minimum Gasteiger partial charge on any atom is -0.394 e. The highest BCUT2D eigenvalue weighted by Gasteiger charge is 2.50. The summed E-state index contributed by atoms with van der Waals surface area (Å²) in [5, 5.41) is 39.7. The van der Waals surface area contributed by atoms with Crippen molar-refractivity contribution in [2.24, 2.45) is 0 Å². The summed E-state index contributed by atoms with van der Waals surface area (Å²) in [6, 6.07) is 0. The van der Waals surface area contributed by atoms with Gasteiger partial charge in [0.1, 0.15) is 36.6 Å². The molecule has 0 aromatic carbocycles. The van der Waals surface area contributed by atoms with Crippen LogP contribution in [0.4, 0.5) is 5.95 Å². The van der Waals surface area contributed by atoms with Crippen LogP contribution in [0.5, 0.6) is 0 Å². The van der Waals surface area contributed by atoms with Gasteiger partial charge in [0.25, 0.3) is 5.56 Å². The van der Waals surface area contributed by atoms with Gasteiger partial charge < -0.3 is 50.2 Å². The van der Waals surface area contributed by atoms with Crippen LogP contribution in [0.2, 0.25) is 0 Å². The van der Waals surface area contributed by atoms with Crippen LogP contribution < -0.4 is 11.3 Å². The number of imidazole rings is 1. The number of hydrogen-bond donors (Lipinski definition) is 8. The molecule has 8 atom stereocenters. The maximum atomic E-state index is 12.0. The van der Waals surface area contributed by atoms with Crippen LogP contribution in [-0.2, 0) is 23.3 Å². The molecule has 33 heavy (non-hydrogen) atoms. The normalized spacial score (nSPS) is 35.0. The highest BCUT2D eigenvalue weighted by atomic mass is 31.2. The van der Waals surface area contributed by atoms with Crippen molar-refractivity contribution < 1.29 is 53.5 Å². The summed E-state index contributed by atoms with van der Waals surface area (Å²) in [6.45, 7) is -1.11. The Morgan fingerprint density at radius 1 is 1.18 bits per heavy atom. The Labute approximate surface area is 183 Å². The minimum absolute atomic E-state index is 0.0692. The number of phosphoric ester groups is 1. The molecule has 0 radical (unpaired) electrons. The monoisotopic (exact) mass is 495 g/mol. The molecule has 2 aliphatic rings. The zero-order chi connectivity index (χ0) is 24.1. The summed E-state index contributed by atoms with van der Waals surface area (Å²) in [5.74, 6) is -0.242. The van der Waals surface area contributed by atoms with E-state index < -0.39 is 75.7 Å². The maximum Gasteiger partial charge on any atom is 0.470 e. The number of aliphatic hydroxyl groups excluding tert-OH is 4. The molecule has 2 aromatic heterocycles. The Morgan fingerprint density at radius 3 is 2.55 bits per heavy atom. The molecule has 0 bridgehead atoms. The topological polar surface area (TPSA) is 265 Å². The average molecular weight is 495 g/mol. The Balaban J connectivity index is 1.58. The summed E-state index contributed by atoms with van der Waals surface area (Å²) in [6.07, 6.45) is -10.4. The van der Waals surface area contributed by atoms with Crippen LogP contribution in [0.3, 0.4) is 0 Å². The van der Waals surface area contributed by atoms with Crippen LogP contribution in [0.25, 0.3) is 11.2 Å². The van der Waals surface area contributed by atoms with E-state index in [4.69, 9.17) is 25.1 Å². The molecular formula is C15H22N5O12P. The molecule has 2 saturated heterocycles. The number of fused-ring (bicyclic) bond motifs is 1. The number of ether oxygens (including phenoxy) is 3. The number of nitrogen functional groups attached to an aromatic ring is 1. The first-order chi connectivity index (χ1) is 15.5. The van der Waals surface area contributed by atoms with E-state index in [1.807, 2.05) is 0 Å². The van der Waals surface area contributed by atoms with Gasteiger partial charge in [0.15, 0.2) is 23.7 Å². The van der Waals surface area contributed by atoms with E-state index >= 15 is 0 Å². The van der Waals surface area contributed by atoms with Gasteiger partial charge in [0, 0.05) is 0 Å². The predicted molar refractivity (Wildman–Crippen MR) is 103 cm³/mol. The highest BCUT2D eigenvalue weighted by Crippen LogP contribution is 2.44. The van der Waals surface area contributed by atoms with Gasteiger partial charge >= 0.3 is 7.82 Å². The van der Waals surface area contributed by atoms with Gasteiger partial charge in [-0.2, -0.15) is 4.98 Å². The standard InChI is InChI=1S/C15H22N5O12P/c16-15-18-11-6(12(25)19-15)17-3-20(11)13-9(24)10(32-33(26,27)28)5(30-13)2-29-14-8(23)7(22)4(1-21)31-14/h3-5,7-10,13-14,21-24H,1-2H2,(H2,26,27,28)(H3,16,18,19,25)/t4-,5-,7-,8+,9-,10-,13-,14-/m1/s1. The number of hydrogen-bond acceptors (Lipinski definition) is 13. The third-order valence-electron chi connectivity index (χ3n) is 5.22. The van der Waals surface area contributed by atoms with Crippen LogP contribution in [-0.4, -0.2) is 106 Å². The molecule has 4 rings (SSSR count). The van der Waals surface area contributed by atoms with Crippen LogP contribution in [0.15, 0.2) is 11.1 Å². The first-order valence-electron chi connectivity index (χ1n) is 9.54. The lowest BCUT2D eigenvalue weighted by atomic mass is 10.1. The molecule has 9 N–H and O–H groups in total. The van der Waals surface area contributed by atoms with Gasteiger partial charge in [-0.3, -0.25) is 18.9 Å². The Morgan fingerprint density at radius 2 is 1.91 bits per heavy atom. The van der Waals surface area contributed by atoms with Crippen LogP contribution in [0, 0.1) is 0 Å². The van der Waals surface area contributed by atoms with Gasteiger partial charge in [-0.05, 0) is 0 Å². The molecule has 0 unspecified atom stereocenters. The van der Waals surface area contributed by atoms with Crippen molar-refractivity contribution in [2.45, 2.75) is 49.1 Å². The Bertz CT molecular complexity index is 1100. The van der Waals surface area contributed by atoms with E-state index in [-0.39, 0.29) is 17.1 Å². The van der Waals surface area contributed by atoms with Crippen molar-refractivity contribution in [2.75, 3.05) is 18.9 Å². The molecule has 4 heterocycles.